The normalized spacial score (nSPS) is 14.7. The number of allylic oxidation sites excluding steroid dienone is 1. The first-order valence-corrected chi connectivity index (χ1v) is 5.76. The molecule has 92 valence electrons. The molecule has 5 heteroatoms. The third-order valence-corrected chi connectivity index (χ3v) is 2.34. The van der Waals surface area contributed by atoms with Crippen LogP contribution in [0.3, 0.4) is 0 Å². The van der Waals surface area contributed by atoms with Gasteiger partial charge in [-0.05, 0) is 18.4 Å². The molecule has 0 aromatic carbocycles. The Bertz CT molecular complexity index is 237. The van der Waals surface area contributed by atoms with Gasteiger partial charge < -0.3 is 10.2 Å². The zero-order valence-corrected chi connectivity index (χ0v) is 9.79. The van der Waals surface area contributed by atoms with Gasteiger partial charge in [0.1, 0.15) is 0 Å². The van der Waals surface area contributed by atoms with Crippen LogP contribution in [0.15, 0.2) is 17.3 Å². The lowest BCUT2D eigenvalue weighted by atomic mass is 10.1. The van der Waals surface area contributed by atoms with Gasteiger partial charge >= 0.3 is 0 Å². The molecule has 0 aliphatic rings. The van der Waals surface area contributed by atoms with Crippen LogP contribution in [-0.2, 0) is 0 Å². The fraction of sp³-hybridized carbons (Fsp3) is 0.818. The first-order chi connectivity index (χ1) is 7.76. The van der Waals surface area contributed by atoms with Crippen LogP contribution in [0.25, 0.3) is 10.4 Å². The molecule has 0 aliphatic heterocycles. The second-order valence-corrected chi connectivity index (χ2v) is 3.72. The number of azide groups is 1. The van der Waals surface area contributed by atoms with Crippen molar-refractivity contribution in [3.63, 3.8) is 0 Å². The van der Waals surface area contributed by atoms with Crippen molar-refractivity contribution in [2.75, 3.05) is 6.61 Å². The standard InChI is InChI=1S/C11H21N3O2/c1-2-3-4-5-6-7-8-11(16)10(9-15)13-14-12/h7-8,10-11,15-16H,2-6,9H2,1H3/b8-7+/t10-,11+/m0/s1. The highest BCUT2D eigenvalue weighted by Gasteiger charge is 2.12. The summed E-state index contributed by atoms with van der Waals surface area (Å²) in [5.74, 6) is 0. The van der Waals surface area contributed by atoms with E-state index in [1.807, 2.05) is 6.08 Å². The number of hydrogen-bond donors (Lipinski definition) is 2. The highest BCUT2D eigenvalue weighted by molar-refractivity contribution is 4.94. The molecule has 0 unspecified atom stereocenters. The highest BCUT2D eigenvalue weighted by atomic mass is 16.3. The quantitative estimate of drug-likeness (QED) is 0.208. The highest BCUT2D eigenvalue weighted by Crippen LogP contribution is 2.05. The molecule has 0 aliphatic carbocycles. The van der Waals surface area contributed by atoms with E-state index in [2.05, 4.69) is 16.9 Å². The number of rotatable bonds is 9. The Kier molecular flexibility index (Phi) is 9.81. The maximum absolute atomic E-state index is 9.53. The third-order valence-electron chi connectivity index (χ3n) is 2.34. The maximum Gasteiger partial charge on any atom is 0.0900 e. The van der Waals surface area contributed by atoms with Gasteiger partial charge in [0.05, 0.1) is 18.8 Å². The van der Waals surface area contributed by atoms with E-state index in [0.717, 1.165) is 12.8 Å². The summed E-state index contributed by atoms with van der Waals surface area (Å²) < 4.78 is 0. The third kappa shape index (κ3) is 7.29. The van der Waals surface area contributed by atoms with Gasteiger partial charge in [-0.1, -0.05) is 43.5 Å². The van der Waals surface area contributed by atoms with Gasteiger partial charge in [-0.25, -0.2) is 0 Å². The lowest BCUT2D eigenvalue weighted by Gasteiger charge is -2.11. The first kappa shape index (κ1) is 15.0. The van der Waals surface area contributed by atoms with Gasteiger partial charge in [0, 0.05) is 4.91 Å². The molecule has 0 aromatic rings. The molecule has 0 heterocycles. The van der Waals surface area contributed by atoms with E-state index in [-0.39, 0.29) is 6.61 Å². The van der Waals surface area contributed by atoms with Gasteiger partial charge in [0.15, 0.2) is 0 Å². The Morgan fingerprint density at radius 3 is 2.69 bits per heavy atom. The Balaban J connectivity index is 3.79. The van der Waals surface area contributed by atoms with Crippen LogP contribution < -0.4 is 0 Å². The lowest BCUT2D eigenvalue weighted by Crippen LogP contribution is -2.25. The van der Waals surface area contributed by atoms with Crippen molar-refractivity contribution in [2.24, 2.45) is 5.11 Å². The summed E-state index contributed by atoms with van der Waals surface area (Å²) in [7, 11) is 0. The van der Waals surface area contributed by atoms with Gasteiger partial charge in [-0.2, -0.15) is 0 Å². The van der Waals surface area contributed by atoms with Crippen LogP contribution in [0.2, 0.25) is 0 Å². The largest absolute Gasteiger partial charge is 0.396 e. The van der Waals surface area contributed by atoms with Gasteiger partial charge in [0.2, 0.25) is 0 Å². The fourth-order valence-corrected chi connectivity index (χ4v) is 1.33. The van der Waals surface area contributed by atoms with Crippen LogP contribution in [-0.4, -0.2) is 29.0 Å². The molecule has 0 rings (SSSR count). The van der Waals surface area contributed by atoms with Crippen LogP contribution in [0.5, 0.6) is 0 Å². The molecular weight excluding hydrogens is 206 g/mol. The number of nitrogens with zero attached hydrogens (tertiary/aromatic N) is 3. The second-order valence-electron chi connectivity index (χ2n) is 3.72. The number of aliphatic hydroxyl groups is 2. The Morgan fingerprint density at radius 2 is 2.12 bits per heavy atom. The average Bonchev–Trinajstić information content (AvgIpc) is 2.30. The molecule has 2 atom stereocenters. The summed E-state index contributed by atoms with van der Waals surface area (Å²) in [4.78, 5) is 2.57. The topological polar surface area (TPSA) is 89.2 Å². The minimum atomic E-state index is -0.896. The van der Waals surface area contributed by atoms with E-state index < -0.39 is 12.1 Å². The Hall–Kier alpha value is -1.03. The number of hydrogen-bond acceptors (Lipinski definition) is 3. The lowest BCUT2D eigenvalue weighted by molar-refractivity contribution is 0.144. The molecular formula is C11H21N3O2. The zero-order chi connectivity index (χ0) is 12.2. The molecule has 5 nitrogen and oxygen atoms in total. The van der Waals surface area contributed by atoms with E-state index in [4.69, 9.17) is 10.6 Å². The number of unbranched alkanes of at least 4 members (excludes halogenated alkanes) is 4. The summed E-state index contributed by atoms with van der Waals surface area (Å²) in [6.07, 6.45) is 8.19. The van der Waals surface area contributed by atoms with Gasteiger partial charge in [0.25, 0.3) is 0 Å². The molecule has 0 spiro atoms. The van der Waals surface area contributed by atoms with Crippen molar-refractivity contribution >= 4 is 0 Å². The van der Waals surface area contributed by atoms with E-state index in [9.17, 15) is 5.11 Å². The van der Waals surface area contributed by atoms with Crippen LogP contribution in [0.1, 0.15) is 39.0 Å². The summed E-state index contributed by atoms with van der Waals surface area (Å²) in [5, 5.41) is 21.7. The average molecular weight is 227 g/mol. The van der Waals surface area contributed by atoms with Crippen molar-refractivity contribution in [1.29, 1.82) is 0 Å². The van der Waals surface area contributed by atoms with Crippen molar-refractivity contribution in [3.05, 3.63) is 22.6 Å². The van der Waals surface area contributed by atoms with E-state index >= 15 is 0 Å². The summed E-state index contributed by atoms with van der Waals surface area (Å²) >= 11 is 0. The Morgan fingerprint density at radius 1 is 1.38 bits per heavy atom. The van der Waals surface area contributed by atoms with Crippen molar-refractivity contribution in [1.82, 2.24) is 0 Å². The molecule has 0 saturated heterocycles. The molecule has 0 radical (unpaired) electrons. The summed E-state index contributed by atoms with van der Waals surface area (Å²) in [6.45, 7) is 1.82. The SMILES string of the molecule is CCCCCC/C=C/[C@@H](O)[C@H](CO)N=[N+]=[N-]. The van der Waals surface area contributed by atoms with Gasteiger partial charge in [-0.15, -0.1) is 0 Å². The fourth-order valence-electron chi connectivity index (χ4n) is 1.33. The van der Waals surface area contributed by atoms with E-state index in [0.29, 0.717) is 0 Å². The van der Waals surface area contributed by atoms with E-state index in [1.54, 1.807) is 6.08 Å². The smallest absolute Gasteiger partial charge is 0.0900 e. The monoisotopic (exact) mass is 227 g/mol. The minimum absolute atomic E-state index is 0.342. The molecule has 0 bridgehead atoms. The molecule has 0 saturated carbocycles. The number of aliphatic hydroxyl groups excluding tert-OH is 2. The molecule has 0 amide bonds. The summed E-state index contributed by atoms with van der Waals surface area (Å²) in [6, 6.07) is -0.781. The molecule has 16 heavy (non-hydrogen) atoms. The predicted octanol–water partition coefficient (Wildman–Crippen LogP) is 2.55. The maximum atomic E-state index is 9.53. The summed E-state index contributed by atoms with van der Waals surface area (Å²) in [5.41, 5.74) is 8.20. The predicted molar refractivity (Wildman–Crippen MR) is 63.9 cm³/mol. The minimum Gasteiger partial charge on any atom is -0.396 e. The van der Waals surface area contributed by atoms with Crippen molar-refractivity contribution < 1.29 is 10.2 Å². The van der Waals surface area contributed by atoms with Crippen LogP contribution in [0.4, 0.5) is 0 Å². The first-order valence-electron chi connectivity index (χ1n) is 5.76. The second kappa shape index (κ2) is 10.5. The molecule has 0 aromatic heterocycles. The zero-order valence-electron chi connectivity index (χ0n) is 9.79. The molecule has 2 N–H and O–H groups in total. The van der Waals surface area contributed by atoms with Crippen LogP contribution >= 0.6 is 0 Å². The van der Waals surface area contributed by atoms with E-state index in [1.165, 1.54) is 19.3 Å². The molecule has 0 fully saturated rings. The van der Waals surface area contributed by atoms with Crippen LogP contribution in [0, 0.1) is 0 Å². The van der Waals surface area contributed by atoms with Crippen molar-refractivity contribution in [2.45, 2.75) is 51.2 Å². The van der Waals surface area contributed by atoms with Gasteiger partial charge in [-0.3, -0.25) is 0 Å². The Labute approximate surface area is 96.4 Å². The van der Waals surface area contributed by atoms with Crippen molar-refractivity contribution in [3.8, 4) is 0 Å².